The highest BCUT2D eigenvalue weighted by Gasteiger charge is 1.97. The normalized spacial score (nSPS) is 9.33. The highest BCUT2D eigenvalue weighted by Crippen LogP contribution is 1.87. The average molecular weight is 163 g/mol. The number of hydrogen-bond acceptors (Lipinski definition) is 3. The second-order valence-corrected chi connectivity index (χ2v) is 2.39. The van der Waals surface area contributed by atoms with E-state index < -0.39 is 0 Å². The molecule has 0 unspecified atom stereocenters. The van der Waals surface area contributed by atoms with Crippen LogP contribution in [0.15, 0.2) is 16.9 Å². The minimum Gasteiger partial charge on any atom is -0.268 e. The lowest BCUT2D eigenvalue weighted by Crippen LogP contribution is -2.22. The first kappa shape index (κ1) is 8.47. The van der Waals surface area contributed by atoms with Crippen molar-refractivity contribution in [1.29, 1.82) is 5.26 Å². The summed E-state index contributed by atoms with van der Waals surface area (Å²) in [6.45, 7) is 2.52. The van der Waals surface area contributed by atoms with Crippen molar-refractivity contribution in [1.82, 2.24) is 9.78 Å². The summed E-state index contributed by atoms with van der Waals surface area (Å²) in [6.07, 6.45) is 0.835. The molecule has 0 aliphatic carbocycles. The van der Waals surface area contributed by atoms with Gasteiger partial charge in [0.25, 0.3) is 5.56 Å². The van der Waals surface area contributed by atoms with Crippen LogP contribution in [0.4, 0.5) is 0 Å². The molecule has 0 atom stereocenters. The third-order valence-electron chi connectivity index (χ3n) is 1.42. The zero-order valence-electron chi connectivity index (χ0n) is 6.82. The van der Waals surface area contributed by atoms with Crippen LogP contribution in [-0.2, 0) is 6.54 Å². The summed E-state index contributed by atoms with van der Waals surface area (Å²) in [5.74, 6) is 0. The van der Waals surface area contributed by atoms with E-state index in [1.807, 2.05) is 13.0 Å². The van der Waals surface area contributed by atoms with Crippen LogP contribution in [-0.4, -0.2) is 9.78 Å². The van der Waals surface area contributed by atoms with Crippen LogP contribution in [0.2, 0.25) is 0 Å². The Morgan fingerprint density at radius 3 is 3.00 bits per heavy atom. The van der Waals surface area contributed by atoms with Gasteiger partial charge in [0.2, 0.25) is 0 Å². The highest BCUT2D eigenvalue weighted by molar-refractivity contribution is 5.16. The lowest BCUT2D eigenvalue weighted by atomic mass is 10.4. The molecule has 12 heavy (non-hydrogen) atoms. The minimum atomic E-state index is -0.157. The number of aromatic nitrogens is 2. The average Bonchev–Trinajstić information content (AvgIpc) is 2.09. The van der Waals surface area contributed by atoms with E-state index in [9.17, 15) is 4.79 Å². The Kier molecular flexibility index (Phi) is 2.59. The first-order chi connectivity index (χ1) is 5.77. The Balaban J connectivity index is 3.10. The molecular weight excluding hydrogens is 154 g/mol. The summed E-state index contributed by atoms with van der Waals surface area (Å²) < 4.78 is 1.30. The second-order valence-electron chi connectivity index (χ2n) is 2.39. The maximum atomic E-state index is 11.1. The molecule has 0 fully saturated rings. The molecule has 1 heterocycles. The molecule has 0 saturated heterocycles. The molecule has 1 aromatic rings. The van der Waals surface area contributed by atoms with Crippen LogP contribution in [0.25, 0.3) is 0 Å². The first-order valence-corrected chi connectivity index (χ1v) is 3.76. The Labute approximate surface area is 70.1 Å². The molecule has 0 bridgehead atoms. The SMILES string of the molecule is CCCn1nc(C#N)ccc1=O. The standard InChI is InChI=1S/C8H9N3O/c1-2-5-11-8(12)4-3-7(6-9)10-11/h3-4H,2,5H2,1H3. The van der Waals surface area contributed by atoms with Gasteiger partial charge in [-0.2, -0.15) is 10.4 Å². The summed E-state index contributed by atoms with van der Waals surface area (Å²) in [4.78, 5) is 11.1. The molecule has 0 radical (unpaired) electrons. The van der Waals surface area contributed by atoms with Crippen molar-refractivity contribution in [2.24, 2.45) is 0 Å². The largest absolute Gasteiger partial charge is 0.268 e. The van der Waals surface area contributed by atoms with Gasteiger partial charge in [0.1, 0.15) is 6.07 Å². The highest BCUT2D eigenvalue weighted by atomic mass is 16.1. The Morgan fingerprint density at radius 2 is 2.42 bits per heavy atom. The van der Waals surface area contributed by atoms with E-state index in [0.29, 0.717) is 6.54 Å². The van der Waals surface area contributed by atoms with Gasteiger partial charge in [0.15, 0.2) is 5.69 Å². The third kappa shape index (κ3) is 1.70. The van der Waals surface area contributed by atoms with Crippen molar-refractivity contribution in [2.75, 3.05) is 0 Å². The van der Waals surface area contributed by atoms with Crippen LogP contribution >= 0.6 is 0 Å². The number of rotatable bonds is 2. The van der Waals surface area contributed by atoms with E-state index >= 15 is 0 Å². The quantitative estimate of drug-likeness (QED) is 0.638. The second kappa shape index (κ2) is 3.67. The van der Waals surface area contributed by atoms with Crippen molar-refractivity contribution < 1.29 is 0 Å². The molecule has 0 aliphatic heterocycles. The Morgan fingerprint density at radius 1 is 1.67 bits per heavy atom. The molecule has 62 valence electrons. The van der Waals surface area contributed by atoms with Gasteiger partial charge in [-0.05, 0) is 12.5 Å². The van der Waals surface area contributed by atoms with Gasteiger partial charge in [0, 0.05) is 12.6 Å². The van der Waals surface area contributed by atoms with Crippen molar-refractivity contribution in [2.45, 2.75) is 19.9 Å². The summed E-state index contributed by atoms with van der Waals surface area (Å²) in [6, 6.07) is 4.67. The van der Waals surface area contributed by atoms with Crippen LogP contribution < -0.4 is 5.56 Å². The number of nitrogens with zero attached hydrogens (tertiary/aromatic N) is 3. The molecular formula is C8H9N3O. The van der Waals surface area contributed by atoms with Gasteiger partial charge in [-0.25, -0.2) is 4.68 Å². The van der Waals surface area contributed by atoms with E-state index in [-0.39, 0.29) is 11.3 Å². The zero-order chi connectivity index (χ0) is 8.97. The molecule has 4 heteroatoms. The predicted molar refractivity (Wildman–Crippen MR) is 43.5 cm³/mol. The van der Waals surface area contributed by atoms with Crippen LogP contribution in [0.1, 0.15) is 19.0 Å². The number of hydrogen-bond donors (Lipinski definition) is 0. The van der Waals surface area contributed by atoms with Gasteiger partial charge in [0.05, 0.1) is 0 Å². The summed E-state index contributed by atoms with van der Waals surface area (Å²) in [5.41, 5.74) is 0.124. The molecule has 0 saturated carbocycles. The van der Waals surface area contributed by atoms with Crippen LogP contribution in [0.3, 0.4) is 0 Å². The Bertz CT molecular complexity index is 361. The number of aryl methyl sites for hydroxylation is 1. The Hall–Kier alpha value is -1.63. The summed E-state index contributed by atoms with van der Waals surface area (Å²) in [7, 11) is 0. The molecule has 0 amide bonds. The van der Waals surface area contributed by atoms with Crippen LogP contribution in [0, 0.1) is 11.3 Å². The molecule has 0 aliphatic rings. The first-order valence-electron chi connectivity index (χ1n) is 3.76. The maximum absolute atomic E-state index is 11.1. The molecule has 1 rings (SSSR count). The lowest BCUT2D eigenvalue weighted by molar-refractivity contribution is 0.565. The maximum Gasteiger partial charge on any atom is 0.266 e. The molecule has 0 aromatic carbocycles. The summed E-state index contributed by atoms with van der Waals surface area (Å²) in [5, 5.41) is 12.3. The van der Waals surface area contributed by atoms with E-state index in [0.717, 1.165) is 6.42 Å². The smallest absolute Gasteiger partial charge is 0.266 e. The third-order valence-corrected chi connectivity index (χ3v) is 1.42. The van der Waals surface area contributed by atoms with Gasteiger partial charge in [-0.15, -0.1) is 0 Å². The van der Waals surface area contributed by atoms with Crippen molar-refractivity contribution in [3.8, 4) is 6.07 Å². The fraction of sp³-hybridized carbons (Fsp3) is 0.375. The minimum absolute atomic E-state index is 0.157. The lowest BCUT2D eigenvalue weighted by Gasteiger charge is -1.99. The zero-order valence-corrected chi connectivity index (χ0v) is 6.82. The molecule has 0 spiro atoms. The van der Waals surface area contributed by atoms with Gasteiger partial charge < -0.3 is 0 Å². The van der Waals surface area contributed by atoms with Gasteiger partial charge in [-0.1, -0.05) is 6.92 Å². The monoisotopic (exact) mass is 163 g/mol. The van der Waals surface area contributed by atoms with Crippen LogP contribution in [0.5, 0.6) is 0 Å². The predicted octanol–water partition coefficient (Wildman–Crippen LogP) is 0.525. The number of nitriles is 1. The van der Waals surface area contributed by atoms with E-state index in [1.54, 1.807) is 0 Å². The summed E-state index contributed by atoms with van der Waals surface area (Å²) >= 11 is 0. The van der Waals surface area contributed by atoms with E-state index in [2.05, 4.69) is 5.10 Å². The van der Waals surface area contributed by atoms with Crippen molar-refractivity contribution >= 4 is 0 Å². The van der Waals surface area contributed by atoms with Gasteiger partial charge in [-0.3, -0.25) is 4.79 Å². The van der Waals surface area contributed by atoms with Crippen molar-refractivity contribution in [3.63, 3.8) is 0 Å². The molecule has 0 N–H and O–H groups in total. The molecule has 4 nitrogen and oxygen atoms in total. The fourth-order valence-electron chi connectivity index (χ4n) is 0.881. The molecule has 1 aromatic heterocycles. The van der Waals surface area contributed by atoms with Gasteiger partial charge >= 0.3 is 0 Å². The topological polar surface area (TPSA) is 58.7 Å². The van der Waals surface area contributed by atoms with E-state index in [4.69, 9.17) is 5.26 Å². The van der Waals surface area contributed by atoms with Crippen molar-refractivity contribution in [3.05, 3.63) is 28.2 Å². The van der Waals surface area contributed by atoms with E-state index in [1.165, 1.54) is 16.8 Å². The fourth-order valence-corrected chi connectivity index (χ4v) is 0.881.